The Morgan fingerprint density at radius 1 is 1.28 bits per heavy atom. The lowest BCUT2D eigenvalue weighted by Gasteiger charge is -2.35. The van der Waals surface area contributed by atoms with E-state index in [1.165, 1.54) is 0 Å². The van der Waals surface area contributed by atoms with E-state index in [-0.39, 0.29) is 5.79 Å². The van der Waals surface area contributed by atoms with E-state index in [1.54, 1.807) is 11.3 Å². The number of anilines is 1. The van der Waals surface area contributed by atoms with Gasteiger partial charge in [0.05, 0.1) is 13.2 Å². The van der Waals surface area contributed by atoms with Gasteiger partial charge in [0.1, 0.15) is 5.01 Å². The molecule has 1 saturated carbocycles. The molecule has 1 aliphatic carbocycles. The van der Waals surface area contributed by atoms with E-state index in [4.69, 9.17) is 9.47 Å². The normalized spacial score (nSPS) is 23.6. The number of rotatable bonds is 3. The molecule has 0 aromatic carbocycles. The van der Waals surface area contributed by atoms with Crippen molar-refractivity contribution in [1.29, 1.82) is 0 Å². The molecule has 3 rings (SSSR count). The Morgan fingerprint density at radius 2 is 2.00 bits per heavy atom. The molecule has 2 fully saturated rings. The van der Waals surface area contributed by atoms with Gasteiger partial charge in [0, 0.05) is 18.9 Å². The van der Waals surface area contributed by atoms with Crippen molar-refractivity contribution in [2.24, 2.45) is 0 Å². The van der Waals surface area contributed by atoms with E-state index >= 15 is 0 Å². The van der Waals surface area contributed by atoms with Gasteiger partial charge in [0.15, 0.2) is 5.79 Å². The van der Waals surface area contributed by atoms with Crippen molar-refractivity contribution in [3.8, 4) is 0 Å². The van der Waals surface area contributed by atoms with Crippen LogP contribution in [0.5, 0.6) is 0 Å². The highest BCUT2D eigenvalue weighted by Gasteiger charge is 2.40. The third-order valence-corrected chi connectivity index (χ3v) is 4.66. The zero-order valence-electron chi connectivity index (χ0n) is 10.6. The van der Waals surface area contributed by atoms with Crippen molar-refractivity contribution in [2.45, 2.75) is 50.9 Å². The number of aryl methyl sites for hydroxylation is 1. The van der Waals surface area contributed by atoms with Crippen molar-refractivity contribution in [2.75, 3.05) is 18.5 Å². The predicted molar refractivity (Wildman–Crippen MR) is 69.8 cm³/mol. The Morgan fingerprint density at radius 3 is 2.61 bits per heavy atom. The molecule has 1 spiro atoms. The Hall–Kier alpha value is -0.720. The van der Waals surface area contributed by atoms with Crippen LogP contribution >= 0.6 is 11.3 Å². The molecule has 2 aliphatic rings. The fourth-order valence-corrected chi connectivity index (χ4v) is 3.37. The standard InChI is InChI=1S/C12H19N3O2S/c1-2-10-14-15-11(18-10)13-9-3-5-12(6-4-9)16-7-8-17-12/h9H,2-8H2,1H3,(H,13,15). The molecule has 0 atom stereocenters. The van der Waals surface area contributed by atoms with Crippen LogP contribution < -0.4 is 5.32 Å². The van der Waals surface area contributed by atoms with Gasteiger partial charge in [0.25, 0.3) is 0 Å². The first-order chi connectivity index (χ1) is 8.80. The smallest absolute Gasteiger partial charge is 0.205 e. The van der Waals surface area contributed by atoms with Crippen LogP contribution in [-0.2, 0) is 15.9 Å². The molecular weight excluding hydrogens is 250 g/mol. The van der Waals surface area contributed by atoms with Crippen LogP contribution in [0.2, 0.25) is 0 Å². The lowest BCUT2D eigenvalue weighted by atomic mass is 9.90. The quantitative estimate of drug-likeness (QED) is 0.911. The number of ether oxygens (including phenoxy) is 2. The van der Waals surface area contributed by atoms with E-state index in [0.29, 0.717) is 6.04 Å². The molecule has 0 amide bonds. The maximum atomic E-state index is 5.73. The van der Waals surface area contributed by atoms with Crippen molar-refractivity contribution in [3.05, 3.63) is 5.01 Å². The van der Waals surface area contributed by atoms with Gasteiger partial charge in [-0.05, 0) is 19.3 Å². The monoisotopic (exact) mass is 269 g/mol. The Balaban J connectivity index is 1.53. The molecule has 1 N–H and O–H groups in total. The molecule has 100 valence electrons. The van der Waals surface area contributed by atoms with E-state index in [0.717, 1.165) is 55.5 Å². The lowest BCUT2D eigenvalue weighted by Crippen LogP contribution is -2.39. The second-order valence-corrected chi connectivity index (χ2v) is 5.94. The lowest BCUT2D eigenvalue weighted by molar-refractivity contribution is -0.177. The maximum absolute atomic E-state index is 5.73. The molecule has 0 bridgehead atoms. The molecule has 1 saturated heterocycles. The molecule has 0 unspecified atom stereocenters. The molecular formula is C12H19N3O2S. The summed E-state index contributed by atoms with van der Waals surface area (Å²) in [5, 5.41) is 13.8. The van der Waals surface area contributed by atoms with Gasteiger partial charge in [-0.1, -0.05) is 18.3 Å². The van der Waals surface area contributed by atoms with E-state index in [9.17, 15) is 0 Å². The van der Waals surface area contributed by atoms with Gasteiger partial charge in [-0.3, -0.25) is 0 Å². The largest absolute Gasteiger partial charge is 0.357 e. The van der Waals surface area contributed by atoms with Crippen molar-refractivity contribution < 1.29 is 9.47 Å². The summed E-state index contributed by atoms with van der Waals surface area (Å²) in [6.07, 6.45) is 5.05. The number of hydrogen-bond donors (Lipinski definition) is 1. The topological polar surface area (TPSA) is 56.3 Å². The molecule has 1 aromatic rings. The number of nitrogens with one attached hydrogen (secondary N) is 1. The molecule has 0 radical (unpaired) electrons. The van der Waals surface area contributed by atoms with E-state index in [2.05, 4.69) is 22.4 Å². The van der Waals surface area contributed by atoms with E-state index in [1.807, 2.05) is 0 Å². The van der Waals surface area contributed by atoms with Gasteiger partial charge in [0.2, 0.25) is 5.13 Å². The van der Waals surface area contributed by atoms with Crippen LogP contribution in [0.4, 0.5) is 5.13 Å². The highest BCUT2D eigenvalue weighted by atomic mass is 32.1. The van der Waals surface area contributed by atoms with Crippen LogP contribution in [0.1, 0.15) is 37.6 Å². The highest BCUT2D eigenvalue weighted by molar-refractivity contribution is 7.15. The summed E-state index contributed by atoms with van der Waals surface area (Å²) in [6, 6.07) is 0.473. The molecule has 2 heterocycles. The van der Waals surface area contributed by atoms with Crippen LogP contribution in [0, 0.1) is 0 Å². The molecule has 6 heteroatoms. The summed E-state index contributed by atoms with van der Waals surface area (Å²) in [5.41, 5.74) is 0. The third-order valence-electron chi connectivity index (χ3n) is 3.66. The van der Waals surface area contributed by atoms with Gasteiger partial charge in [-0.15, -0.1) is 10.2 Å². The average molecular weight is 269 g/mol. The average Bonchev–Trinajstić information content (AvgIpc) is 3.02. The van der Waals surface area contributed by atoms with Gasteiger partial charge >= 0.3 is 0 Å². The van der Waals surface area contributed by atoms with Gasteiger partial charge < -0.3 is 14.8 Å². The zero-order chi connectivity index (χ0) is 12.4. The Bertz CT molecular complexity index is 394. The highest BCUT2D eigenvalue weighted by Crippen LogP contribution is 2.36. The van der Waals surface area contributed by atoms with Crippen LogP contribution in [0.3, 0.4) is 0 Å². The maximum Gasteiger partial charge on any atom is 0.205 e. The minimum absolute atomic E-state index is 0.270. The van der Waals surface area contributed by atoms with Gasteiger partial charge in [-0.2, -0.15) is 0 Å². The summed E-state index contributed by atoms with van der Waals surface area (Å²) >= 11 is 1.65. The van der Waals surface area contributed by atoms with Crippen molar-refractivity contribution in [1.82, 2.24) is 10.2 Å². The van der Waals surface area contributed by atoms with Crippen LogP contribution in [0.15, 0.2) is 0 Å². The summed E-state index contributed by atoms with van der Waals surface area (Å²) in [5.74, 6) is -0.270. The molecule has 18 heavy (non-hydrogen) atoms. The first-order valence-corrected chi connectivity index (χ1v) is 7.48. The fraction of sp³-hybridized carbons (Fsp3) is 0.833. The molecule has 1 aliphatic heterocycles. The van der Waals surface area contributed by atoms with Crippen LogP contribution in [0.25, 0.3) is 0 Å². The fourth-order valence-electron chi connectivity index (χ4n) is 2.62. The SMILES string of the molecule is CCc1nnc(NC2CCC3(CC2)OCCO3)s1. The summed E-state index contributed by atoms with van der Waals surface area (Å²) in [6.45, 7) is 3.59. The second kappa shape index (κ2) is 5.11. The second-order valence-electron chi connectivity index (χ2n) is 4.88. The molecule has 1 aromatic heterocycles. The van der Waals surface area contributed by atoms with Crippen LogP contribution in [-0.4, -0.2) is 35.2 Å². The Labute approximate surface area is 111 Å². The van der Waals surface area contributed by atoms with Crippen molar-refractivity contribution in [3.63, 3.8) is 0 Å². The number of nitrogens with zero attached hydrogens (tertiary/aromatic N) is 2. The minimum atomic E-state index is -0.270. The summed E-state index contributed by atoms with van der Waals surface area (Å²) in [7, 11) is 0. The number of hydrogen-bond acceptors (Lipinski definition) is 6. The zero-order valence-corrected chi connectivity index (χ0v) is 11.5. The minimum Gasteiger partial charge on any atom is -0.357 e. The first kappa shape index (κ1) is 12.3. The summed E-state index contributed by atoms with van der Waals surface area (Å²) in [4.78, 5) is 0. The summed E-state index contributed by atoms with van der Waals surface area (Å²) < 4.78 is 11.5. The third kappa shape index (κ3) is 2.50. The van der Waals surface area contributed by atoms with E-state index < -0.39 is 0 Å². The Kier molecular flexibility index (Phi) is 3.50. The number of aromatic nitrogens is 2. The van der Waals surface area contributed by atoms with Gasteiger partial charge in [-0.25, -0.2) is 0 Å². The predicted octanol–water partition coefficient (Wildman–Crippen LogP) is 2.20. The van der Waals surface area contributed by atoms with Crippen molar-refractivity contribution >= 4 is 16.5 Å². The molecule has 5 nitrogen and oxygen atoms in total. The first-order valence-electron chi connectivity index (χ1n) is 6.66.